The summed E-state index contributed by atoms with van der Waals surface area (Å²) in [6, 6.07) is 4.67. The zero-order chi connectivity index (χ0) is 17.7. The molecule has 1 heterocycles. The van der Waals surface area contributed by atoms with Crippen LogP contribution in [0.1, 0.15) is 38.3 Å². The number of hydrogen-bond acceptors (Lipinski definition) is 5. The second kappa shape index (κ2) is 5.89. The van der Waals surface area contributed by atoms with Crippen LogP contribution in [-0.4, -0.2) is 49.4 Å². The third-order valence-corrected chi connectivity index (χ3v) is 6.06. The highest BCUT2D eigenvalue weighted by Gasteiger charge is 2.46. The summed E-state index contributed by atoms with van der Waals surface area (Å²) in [7, 11) is -2.00. The molecule has 24 heavy (non-hydrogen) atoms. The first kappa shape index (κ1) is 17.5. The van der Waals surface area contributed by atoms with Gasteiger partial charge in [0, 0.05) is 12.6 Å². The monoisotopic (exact) mass is 355 g/mol. The molecule has 2 unspecified atom stereocenters. The Morgan fingerprint density at radius 2 is 2.04 bits per heavy atom. The van der Waals surface area contributed by atoms with Crippen molar-refractivity contribution in [2.75, 3.05) is 19.9 Å². The standard InChI is InChI=1S/C17H25NO5S/c1-17(2)16(19)15(18(3)24(4,20)21)13-9-12(7-8-14(13)23-17)22-10-11-5-6-11/h7-9,11,15-16,19H,5-6,10H2,1-4H3. The van der Waals surface area contributed by atoms with Crippen molar-refractivity contribution in [1.82, 2.24) is 4.31 Å². The van der Waals surface area contributed by atoms with Crippen molar-refractivity contribution in [3.63, 3.8) is 0 Å². The van der Waals surface area contributed by atoms with Gasteiger partial charge in [0.1, 0.15) is 23.2 Å². The van der Waals surface area contributed by atoms with E-state index in [0.717, 1.165) is 6.26 Å². The SMILES string of the molecule is CN(C1c2cc(OCC3CC3)ccc2OC(C)(C)C1O)S(C)(=O)=O. The van der Waals surface area contributed by atoms with Gasteiger partial charge in [-0.15, -0.1) is 0 Å². The number of fused-ring (bicyclic) bond motifs is 1. The van der Waals surface area contributed by atoms with Gasteiger partial charge in [0.2, 0.25) is 10.0 Å². The topological polar surface area (TPSA) is 76.1 Å². The third kappa shape index (κ3) is 3.38. The van der Waals surface area contributed by atoms with E-state index in [1.165, 1.54) is 24.2 Å². The minimum atomic E-state index is -3.48. The summed E-state index contributed by atoms with van der Waals surface area (Å²) in [5, 5.41) is 10.7. The highest BCUT2D eigenvalue weighted by Crippen LogP contribution is 2.44. The summed E-state index contributed by atoms with van der Waals surface area (Å²) in [4.78, 5) is 0. The Morgan fingerprint density at radius 3 is 2.62 bits per heavy atom. The Hall–Kier alpha value is -1.31. The Balaban J connectivity index is 1.98. The Morgan fingerprint density at radius 1 is 1.38 bits per heavy atom. The first-order valence-corrected chi connectivity index (χ1v) is 10.0. The second-order valence-corrected chi connectivity index (χ2v) is 9.37. The van der Waals surface area contributed by atoms with E-state index in [4.69, 9.17) is 9.47 Å². The zero-order valence-electron chi connectivity index (χ0n) is 14.5. The van der Waals surface area contributed by atoms with E-state index in [-0.39, 0.29) is 0 Å². The summed E-state index contributed by atoms with van der Waals surface area (Å²) >= 11 is 0. The highest BCUT2D eigenvalue weighted by atomic mass is 32.2. The number of sulfonamides is 1. The van der Waals surface area contributed by atoms with E-state index >= 15 is 0 Å². The quantitative estimate of drug-likeness (QED) is 0.873. The molecule has 0 aromatic heterocycles. The van der Waals surface area contributed by atoms with Gasteiger partial charge in [-0.3, -0.25) is 0 Å². The lowest BCUT2D eigenvalue weighted by molar-refractivity contribution is -0.0763. The Bertz CT molecular complexity index is 726. The number of ether oxygens (including phenoxy) is 2. The molecule has 1 aliphatic heterocycles. The van der Waals surface area contributed by atoms with Crippen LogP contribution in [0.25, 0.3) is 0 Å². The predicted molar refractivity (Wildman–Crippen MR) is 90.7 cm³/mol. The maximum Gasteiger partial charge on any atom is 0.211 e. The second-order valence-electron chi connectivity index (χ2n) is 7.33. The minimum absolute atomic E-state index is 0.574. The van der Waals surface area contributed by atoms with E-state index in [1.54, 1.807) is 26.0 Å². The maximum atomic E-state index is 12.0. The molecular weight excluding hydrogens is 330 g/mol. The molecular formula is C17H25NO5S. The van der Waals surface area contributed by atoms with E-state index in [1.807, 2.05) is 6.07 Å². The molecule has 0 spiro atoms. The van der Waals surface area contributed by atoms with Crippen LogP contribution in [0.3, 0.4) is 0 Å². The van der Waals surface area contributed by atoms with Crippen molar-refractivity contribution in [3.8, 4) is 11.5 Å². The lowest BCUT2D eigenvalue weighted by Gasteiger charge is -2.44. The fraction of sp³-hybridized carbons (Fsp3) is 0.647. The molecule has 0 bridgehead atoms. The molecule has 6 nitrogen and oxygen atoms in total. The fourth-order valence-electron chi connectivity index (χ4n) is 2.93. The minimum Gasteiger partial charge on any atom is -0.493 e. The molecule has 1 aliphatic carbocycles. The van der Waals surface area contributed by atoms with E-state index in [0.29, 0.717) is 29.6 Å². The highest BCUT2D eigenvalue weighted by molar-refractivity contribution is 7.88. The molecule has 0 saturated heterocycles. The molecule has 2 atom stereocenters. The van der Waals surface area contributed by atoms with Gasteiger partial charge in [-0.05, 0) is 50.8 Å². The summed E-state index contributed by atoms with van der Waals surface area (Å²) in [6.07, 6.45) is 2.53. The van der Waals surface area contributed by atoms with Crippen molar-refractivity contribution in [2.24, 2.45) is 5.92 Å². The van der Waals surface area contributed by atoms with Crippen LogP contribution in [0, 0.1) is 5.92 Å². The van der Waals surface area contributed by atoms with Crippen molar-refractivity contribution in [3.05, 3.63) is 23.8 Å². The van der Waals surface area contributed by atoms with Crippen LogP contribution in [0.5, 0.6) is 11.5 Å². The Kier molecular flexibility index (Phi) is 4.30. The largest absolute Gasteiger partial charge is 0.493 e. The lowest BCUT2D eigenvalue weighted by Crippen LogP contribution is -2.53. The van der Waals surface area contributed by atoms with Crippen LogP contribution in [0.2, 0.25) is 0 Å². The van der Waals surface area contributed by atoms with Crippen molar-refractivity contribution < 1.29 is 23.0 Å². The molecule has 0 amide bonds. The average molecular weight is 355 g/mol. The number of hydrogen-bond donors (Lipinski definition) is 1. The van der Waals surface area contributed by atoms with Crippen LogP contribution in [0.15, 0.2) is 18.2 Å². The number of benzene rings is 1. The van der Waals surface area contributed by atoms with Crippen LogP contribution >= 0.6 is 0 Å². The fourth-order valence-corrected chi connectivity index (χ4v) is 3.58. The molecule has 2 aliphatic rings. The van der Waals surface area contributed by atoms with Gasteiger partial charge in [-0.25, -0.2) is 8.42 Å². The van der Waals surface area contributed by atoms with Gasteiger partial charge < -0.3 is 14.6 Å². The van der Waals surface area contributed by atoms with Crippen LogP contribution in [0.4, 0.5) is 0 Å². The van der Waals surface area contributed by atoms with Crippen LogP contribution < -0.4 is 9.47 Å². The zero-order valence-corrected chi connectivity index (χ0v) is 15.3. The van der Waals surface area contributed by atoms with Gasteiger partial charge in [0.05, 0.1) is 18.9 Å². The van der Waals surface area contributed by atoms with Gasteiger partial charge in [-0.1, -0.05) is 0 Å². The molecule has 0 radical (unpaired) electrons. The molecule has 134 valence electrons. The number of likely N-dealkylation sites (N-methyl/N-ethyl adjacent to an activating group) is 1. The Labute approximate surface area is 143 Å². The molecule has 1 N–H and O–H groups in total. The summed E-state index contributed by atoms with van der Waals surface area (Å²) in [5.74, 6) is 1.86. The van der Waals surface area contributed by atoms with Gasteiger partial charge in [-0.2, -0.15) is 4.31 Å². The molecule has 7 heteroatoms. The van der Waals surface area contributed by atoms with Crippen molar-refractivity contribution in [2.45, 2.75) is 44.4 Å². The number of aliphatic hydroxyl groups excluding tert-OH is 1. The van der Waals surface area contributed by atoms with Gasteiger partial charge >= 0.3 is 0 Å². The van der Waals surface area contributed by atoms with E-state index in [9.17, 15) is 13.5 Å². The van der Waals surface area contributed by atoms with Gasteiger partial charge in [0.15, 0.2) is 0 Å². The first-order valence-electron chi connectivity index (χ1n) is 8.16. The van der Waals surface area contributed by atoms with Crippen molar-refractivity contribution in [1.29, 1.82) is 0 Å². The molecule has 1 saturated carbocycles. The molecule has 3 rings (SSSR count). The van der Waals surface area contributed by atoms with E-state index in [2.05, 4.69) is 0 Å². The normalized spacial score (nSPS) is 25.9. The molecule has 1 aromatic rings. The summed E-state index contributed by atoms with van der Waals surface area (Å²) in [6.45, 7) is 4.17. The maximum absolute atomic E-state index is 12.0. The predicted octanol–water partition coefficient (Wildman–Crippen LogP) is 1.94. The number of nitrogens with zero attached hydrogens (tertiary/aromatic N) is 1. The smallest absolute Gasteiger partial charge is 0.211 e. The molecule has 1 aromatic carbocycles. The van der Waals surface area contributed by atoms with Gasteiger partial charge in [0.25, 0.3) is 0 Å². The lowest BCUT2D eigenvalue weighted by atomic mass is 9.86. The number of rotatable bonds is 5. The van der Waals surface area contributed by atoms with Crippen molar-refractivity contribution >= 4 is 10.0 Å². The average Bonchev–Trinajstić information content (AvgIpc) is 3.29. The van der Waals surface area contributed by atoms with E-state index < -0.39 is 27.8 Å². The molecule has 1 fully saturated rings. The summed E-state index contributed by atoms with van der Waals surface area (Å²) in [5.41, 5.74) is -0.268. The third-order valence-electron chi connectivity index (χ3n) is 4.78. The number of aliphatic hydroxyl groups is 1. The summed E-state index contributed by atoms with van der Waals surface area (Å²) < 4.78 is 37.0. The first-order chi connectivity index (χ1) is 11.1. The van der Waals surface area contributed by atoms with Crippen LogP contribution in [-0.2, 0) is 10.0 Å².